The molecule has 0 aliphatic carbocycles. The Bertz CT molecular complexity index is 484. The number of pyridine rings is 1. The number of hydrogen-bond donors (Lipinski definition) is 2. The second-order valence-corrected chi connectivity index (χ2v) is 4.08. The summed E-state index contributed by atoms with van der Waals surface area (Å²) in [5.74, 6) is -0.920. The smallest absolute Gasteiger partial charge is 0.332 e. The summed E-state index contributed by atoms with van der Waals surface area (Å²) in [6.07, 6.45) is 3.50. The van der Waals surface area contributed by atoms with Gasteiger partial charge in [0.15, 0.2) is 6.10 Å². The number of anilines is 1. The molecule has 0 radical (unpaired) electrons. The molecule has 6 heteroatoms. The van der Waals surface area contributed by atoms with Crippen LogP contribution in [0.25, 0.3) is 0 Å². The van der Waals surface area contributed by atoms with Crippen molar-refractivity contribution in [2.24, 2.45) is 0 Å². The molecule has 0 bridgehead atoms. The lowest BCUT2D eigenvalue weighted by atomic mass is 10.2. The monoisotopic (exact) mass is 247 g/mol. The Morgan fingerprint density at radius 2 is 2.50 bits per heavy atom. The summed E-state index contributed by atoms with van der Waals surface area (Å²) in [6, 6.07) is 3.68. The minimum absolute atomic E-state index is 0.141. The van der Waals surface area contributed by atoms with Gasteiger partial charge in [-0.25, -0.2) is 4.79 Å². The van der Waals surface area contributed by atoms with Crippen molar-refractivity contribution in [1.29, 1.82) is 5.26 Å². The van der Waals surface area contributed by atoms with E-state index in [0.29, 0.717) is 30.6 Å². The molecule has 1 fully saturated rings. The maximum absolute atomic E-state index is 10.7. The molecular weight excluding hydrogens is 234 g/mol. The molecule has 0 aromatic carbocycles. The lowest BCUT2D eigenvalue weighted by Crippen LogP contribution is -2.24. The second-order valence-electron chi connectivity index (χ2n) is 4.08. The number of aliphatic carboxylic acids is 1. The van der Waals surface area contributed by atoms with Crippen LogP contribution in [0.3, 0.4) is 0 Å². The number of hydrogen-bond acceptors (Lipinski definition) is 5. The van der Waals surface area contributed by atoms with Crippen molar-refractivity contribution in [3.63, 3.8) is 0 Å². The third kappa shape index (κ3) is 2.76. The first-order valence-corrected chi connectivity index (χ1v) is 5.67. The number of carboxylic acid groups (broad SMARTS) is 1. The molecule has 1 aromatic rings. The van der Waals surface area contributed by atoms with Crippen molar-refractivity contribution in [1.82, 2.24) is 4.98 Å². The highest BCUT2D eigenvalue weighted by Gasteiger charge is 2.30. The van der Waals surface area contributed by atoms with E-state index in [-0.39, 0.29) is 6.10 Å². The van der Waals surface area contributed by atoms with E-state index in [0.717, 1.165) is 0 Å². The van der Waals surface area contributed by atoms with Crippen LogP contribution in [0.4, 0.5) is 5.69 Å². The maximum Gasteiger partial charge on any atom is 0.332 e. The average Bonchev–Trinajstić information content (AvgIpc) is 2.85. The molecule has 1 saturated heterocycles. The lowest BCUT2D eigenvalue weighted by Gasteiger charge is -2.13. The fourth-order valence-electron chi connectivity index (χ4n) is 1.89. The summed E-state index contributed by atoms with van der Waals surface area (Å²) in [5.41, 5.74) is 1.15. The van der Waals surface area contributed by atoms with Crippen molar-refractivity contribution in [3.05, 3.63) is 24.0 Å². The zero-order chi connectivity index (χ0) is 13.0. The Hall–Kier alpha value is -2.13. The molecule has 94 valence electrons. The van der Waals surface area contributed by atoms with Gasteiger partial charge in [-0.15, -0.1) is 0 Å². The van der Waals surface area contributed by atoms with Gasteiger partial charge >= 0.3 is 5.97 Å². The predicted molar refractivity (Wildman–Crippen MR) is 63.0 cm³/mol. The van der Waals surface area contributed by atoms with Crippen molar-refractivity contribution < 1.29 is 14.6 Å². The zero-order valence-electron chi connectivity index (χ0n) is 9.67. The third-order valence-electron chi connectivity index (χ3n) is 2.84. The van der Waals surface area contributed by atoms with Crippen LogP contribution in [0.1, 0.15) is 18.4 Å². The first-order chi connectivity index (χ1) is 8.70. The Kier molecular flexibility index (Phi) is 3.75. The average molecular weight is 247 g/mol. The van der Waals surface area contributed by atoms with Crippen LogP contribution >= 0.6 is 0 Å². The van der Waals surface area contributed by atoms with Crippen LogP contribution in [0.5, 0.6) is 0 Å². The quantitative estimate of drug-likeness (QED) is 0.824. The van der Waals surface area contributed by atoms with Gasteiger partial charge in [0.1, 0.15) is 6.07 Å². The molecule has 2 N–H and O–H groups in total. The van der Waals surface area contributed by atoms with Gasteiger partial charge in [0.25, 0.3) is 0 Å². The maximum atomic E-state index is 10.7. The van der Waals surface area contributed by atoms with E-state index < -0.39 is 12.1 Å². The van der Waals surface area contributed by atoms with E-state index in [9.17, 15) is 4.79 Å². The fourth-order valence-corrected chi connectivity index (χ4v) is 1.89. The Balaban J connectivity index is 1.89. The Morgan fingerprint density at radius 3 is 3.17 bits per heavy atom. The summed E-state index contributed by atoms with van der Waals surface area (Å²) < 4.78 is 5.35. The molecule has 2 rings (SSSR count). The van der Waals surface area contributed by atoms with Gasteiger partial charge < -0.3 is 15.2 Å². The first kappa shape index (κ1) is 12.3. The molecule has 1 aromatic heterocycles. The van der Waals surface area contributed by atoms with Crippen molar-refractivity contribution in [2.45, 2.75) is 25.0 Å². The molecule has 2 unspecified atom stereocenters. The highest BCUT2D eigenvalue weighted by molar-refractivity contribution is 5.72. The summed E-state index contributed by atoms with van der Waals surface area (Å²) in [4.78, 5) is 14.7. The van der Waals surface area contributed by atoms with Gasteiger partial charge in [-0.2, -0.15) is 5.26 Å². The van der Waals surface area contributed by atoms with Crippen molar-refractivity contribution >= 4 is 11.7 Å². The molecule has 2 atom stereocenters. The minimum Gasteiger partial charge on any atom is -0.479 e. The standard InChI is InChI=1S/C12H13N3O3/c13-5-8-3-4-14-7-10(8)15-6-9-1-2-11(18-9)12(16)17/h3-4,7,9,11,15H,1-2,6H2,(H,16,17). The van der Waals surface area contributed by atoms with Crippen LogP contribution in [0, 0.1) is 11.3 Å². The largest absolute Gasteiger partial charge is 0.479 e. The number of rotatable bonds is 4. The van der Waals surface area contributed by atoms with E-state index in [1.165, 1.54) is 0 Å². The SMILES string of the molecule is N#Cc1ccncc1NCC1CCC(C(=O)O)O1. The highest BCUT2D eigenvalue weighted by atomic mass is 16.5. The summed E-state index contributed by atoms with van der Waals surface area (Å²) in [7, 11) is 0. The van der Waals surface area contributed by atoms with Gasteiger partial charge in [0, 0.05) is 12.7 Å². The number of ether oxygens (including phenoxy) is 1. The summed E-state index contributed by atoms with van der Waals surface area (Å²) >= 11 is 0. The zero-order valence-corrected chi connectivity index (χ0v) is 9.67. The predicted octanol–water partition coefficient (Wildman–Crippen LogP) is 0.997. The molecule has 1 aliphatic rings. The molecule has 6 nitrogen and oxygen atoms in total. The van der Waals surface area contributed by atoms with Crippen LogP contribution in [-0.4, -0.2) is 34.8 Å². The first-order valence-electron chi connectivity index (χ1n) is 5.67. The number of nitriles is 1. The number of carbonyl (C=O) groups is 1. The number of carboxylic acids is 1. The van der Waals surface area contributed by atoms with Crippen LogP contribution in [0.15, 0.2) is 18.5 Å². The molecule has 2 heterocycles. The molecule has 0 amide bonds. The van der Waals surface area contributed by atoms with Crippen molar-refractivity contribution in [3.8, 4) is 6.07 Å². The molecule has 18 heavy (non-hydrogen) atoms. The Labute approximate surface area is 104 Å². The molecular formula is C12H13N3O3. The van der Waals surface area contributed by atoms with Gasteiger partial charge in [0.05, 0.1) is 23.6 Å². The molecule has 0 spiro atoms. The van der Waals surface area contributed by atoms with Crippen LogP contribution in [0.2, 0.25) is 0 Å². The van der Waals surface area contributed by atoms with Crippen LogP contribution in [-0.2, 0) is 9.53 Å². The lowest BCUT2D eigenvalue weighted by molar-refractivity contribution is -0.149. The van der Waals surface area contributed by atoms with Gasteiger partial charge in [-0.1, -0.05) is 0 Å². The summed E-state index contributed by atoms with van der Waals surface area (Å²) in [5, 5.41) is 20.8. The third-order valence-corrected chi connectivity index (χ3v) is 2.84. The van der Waals surface area contributed by atoms with Gasteiger partial charge in [-0.3, -0.25) is 4.98 Å². The van der Waals surface area contributed by atoms with E-state index in [1.807, 2.05) is 0 Å². The second kappa shape index (κ2) is 5.47. The fraction of sp³-hybridized carbons (Fsp3) is 0.417. The van der Waals surface area contributed by atoms with E-state index in [2.05, 4.69) is 16.4 Å². The summed E-state index contributed by atoms with van der Waals surface area (Å²) in [6.45, 7) is 0.476. The topological polar surface area (TPSA) is 95.2 Å². The number of aromatic nitrogens is 1. The highest BCUT2D eigenvalue weighted by Crippen LogP contribution is 2.21. The van der Waals surface area contributed by atoms with Gasteiger partial charge in [0.2, 0.25) is 0 Å². The number of nitrogens with one attached hydrogen (secondary N) is 1. The van der Waals surface area contributed by atoms with E-state index >= 15 is 0 Å². The van der Waals surface area contributed by atoms with E-state index in [1.54, 1.807) is 18.5 Å². The number of nitrogens with zero attached hydrogens (tertiary/aromatic N) is 2. The molecule has 0 saturated carbocycles. The Morgan fingerprint density at radius 1 is 1.67 bits per heavy atom. The van der Waals surface area contributed by atoms with Crippen molar-refractivity contribution in [2.75, 3.05) is 11.9 Å². The van der Waals surface area contributed by atoms with E-state index in [4.69, 9.17) is 15.1 Å². The van der Waals surface area contributed by atoms with Gasteiger partial charge in [-0.05, 0) is 18.9 Å². The molecule has 1 aliphatic heterocycles. The minimum atomic E-state index is -0.920. The normalized spacial score (nSPS) is 22.4. The van der Waals surface area contributed by atoms with Crippen LogP contribution < -0.4 is 5.32 Å².